The van der Waals surface area contributed by atoms with Gasteiger partial charge < -0.3 is 9.80 Å². The first-order valence-electron chi connectivity index (χ1n) is 12.4. The van der Waals surface area contributed by atoms with Gasteiger partial charge in [0.2, 0.25) is 0 Å². The Labute approximate surface area is 190 Å². The molecule has 1 aliphatic carbocycles. The molecule has 2 unspecified atom stereocenters. The van der Waals surface area contributed by atoms with Crippen LogP contribution in [0.5, 0.6) is 0 Å². The largest absolute Gasteiger partial charge is 0.367 e. The molecule has 2 atom stereocenters. The predicted octanol–water partition coefficient (Wildman–Crippen LogP) is 5.28. The number of anilines is 2. The zero-order chi connectivity index (χ0) is 21.2. The van der Waals surface area contributed by atoms with E-state index in [0.29, 0.717) is 18.1 Å². The molecule has 3 nitrogen and oxygen atoms in total. The van der Waals surface area contributed by atoms with Gasteiger partial charge in [-0.1, -0.05) is 48.6 Å². The number of hydrogen-bond acceptors (Lipinski definition) is 3. The van der Waals surface area contributed by atoms with E-state index in [0.717, 1.165) is 39.0 Å². The maximum absolute atomic E-state index is 13.4. The van der Waals surface area contributed by atoms with Crippen LogP contribution in [0.3, 0.4) is 0 Å². The molecule has 162 valence electrons. The van der Waals surface area contributed by atoms with Crippen LogP contribution < -0.4 is 9.80 Å². The number of nitrogens with zero attached hydrogens (tertiary/aromatic N) is 2. The fraction of sp³-hybridized carbons (Fsp3) is 0.414. The lowest BCUT2D eigenvalue weighted by molar-refractivity contribution is -0.119. The fourth-order valence-corrected chi connectivity index (χ4v) is 7.08. The summed E-state index contributed by atoms with van der Waals surface area (Å²) < 4.78 is 0. The molecule has 4 aliphatic heterocycles. The van der Waals surface area contributed by atoms with Gasteiger partial charge in [-0.25, -0.2) is 0 Å². The van der Waals surface area contributed by atoms with E-state index in [1.807, 2.05) is 0 Å². The van der Waals surface area contributed by atoms with Crippen molar-refractivity contribution < 1.29 is 4.79 Å². The summed E-state index contributed by atoms with van der Waals surface area (Å²) in [5, 5.41) is 0. The second-order valence-electron chi connectivity index (χ2n) is 10.2. The van der Waals surface area contributed by atoms with Crippen molar-refractivity contribution in [1.82, 2.24) is 0 Å². The number of benzene rings is 2. The molecule has 7 rings (SSSR count). The lowest BCUT2D eigenvalue weighted by Crippen LogP contribution is -2.33. The topological polar surface area (TPSA) is 23.6 Å². The third-order valence-electron chi connectivity index (χ3n) is 8.48. The zero-order valence-electron chi connectivity index (χ0n) is 18.6. The van der Waals surface area contributed by atoms with Crippen molar-refractivity contribution in [3.8, 4) is 0 Å². The SMILES string of the molecule is O=C1CC(C2=CCN3CCCc4cccc2c43)CC1C1=CCN2CCCc3cccc1c32. The summed E-state index contributed by atoms with van der Waals surface area (Å²) in [4.78, 5) is 18.5. The number of rotatable bonds is 2. The van der Waals surface area contributed by atoms with Gasteiger partial charge in [0.15, 0.2) is 0 Å². The first kappa shape index (κ1) is 18.7. The Hall–Kier alpha value is -2.81. The molecule has 0 amide bonds. The summed E-state index contributed by atoms with van der Waals surface area (Å²) in [5.74, 6) is 0.840. The number of hydrogen-bond donors (Lipinski definition) is 0. The van der Waals surface area contributed by atoms with Crippen LogP contribution in [0.15, 0.2) is 48.6 Å². The Kier molecular flexibility index (Phi) is 4.15. The van der Waals surface area contributed by atoms with Crippen molar-refractivity contribution >= 4 is 28.3 Å². The predicted molar refractivity (Wildman–Crippen MR) is 131 cm³/mol. The molecule has 5 aliphatic rings. The van der Waals surface area contributed by atoms with E-state index in [9.17, 15) is 4.79 Å². The monoisotopic (exact) mass is 422 g/mol. The second-order valence-corrected chi connectivity index (χ2v) is 10.2. The van der Waals surface area contributed by atoms with Gasteiger partial charge in [-0.2, -0.15) is 0 Å². The van der Waals surface area contributed by atoms with Crippen LogP contribution in [0.2, 0.25) is 0 Å². The molecule has 3 heteroatoms. The second kappa shape index (κ2) is 7.10. The molecule has 0 radical (unpaired) electrons. The highest BCUT2D eigenvalue weighted by atomic mass is 16.1. The van der Waals surface area contributed by atoms with Crippen molar-refractivity contribution in [1.29, 1.82) is 0 Å². The number of para-hydroxylation sites is 2. The summed E-state index contributed by atoms with van der Waals surface area (Å²) in [6, 6.07) is 13.6. The maximum atomic E-state index is 13.4. The van der Waals surface area contributed by atoms with E-state index in [1.54, 1.807) is 0 Å². The van der Waals surface area contributed by atoms with Gasteiger partial charge in [0.1, 0.15) is 5.78 Å². The highest BCUT2D eigenvalue weighted by Gasteiger charge is 2.40. The van der Waals surface area contributed by atoms with Crippen LogP contribution in [0.4, 0.5) is 11.4 Å². The number of carbonyl (C=O) groups is 1. The van der Waals surface area contributed by atoms with E-state index in [2.05, 4.69) is 58.4 Å². The smallest absolute Gasteiger partial charge is 0.140 e. The van der Waals surface area contributed by atoms with Gasteiger partial charge >= 0.3 is 0 Å². The Morgan fingerprint density at radius 2 is 1.34 bits per heavy atom. The van der Waals surface area contributed by atoms with Crippen molar-refractivity contribution in [2.75, 3.05) is 36.0 Å². The molecule has 1 fully saturated rings. The summed E-state index contributed by atoms with van der Waals surface area (Å²) in [6.07, 6.45) is 11.3. The van der Waals surface area contributed by atoms with Gasteiger partial charge in [0.05, 0.1) is 0 Å². The molecular weight excluding hydrogens is 392 g/mol. The van der Waals surface area contributed by atoms with Crippen LogP contribution >= 0.6 is 0 Å². The number of ketones is 1. The minimum Gasteiger partial charge on any atom is -0.367 e. The highest BCUT2D eigenvalue weighted by Crippen LogP contribution is 2.50. The van der Waals surface area contributed by atoms with Crippen LogP contribution in [-0.2, 0) is 17.6 Å². The number of allylic oxidation sites excluding steroid dienone is 2. The highest BCUT2D eigenvalue weighted by molar-refractivity contribution is 6.00. The van der Waals surface area contributed by atoms with Crippen molar-refractivity contribution in [2.45, 2.75) is 38.5 Å². The summed E-state index contributed by atoms with van der Waals surface area (Å²) in [5.41, 5.74) is 11.3. The van der Waals surface area contributed by atoms with E-state index < -0.39 is 0 Å². The van der Waals surface area contributed by atoms with Crippen molar-refractivity contribution in [3.63, 3.8) is 0 Å². The number of aryl methyl sites for hydroxylation is 2. The van der Waals surface area contributed by atoms with Crippen LogP contribution in [0.1, 0.15) is 47.9 Å². The third-order valence-corrected chi connectivity index (χ3v) is 8.48. The van der Waals surface area contributed by atoms with Crippen molar-refractivity contribution in [2.24, 2.45) is 11.8 Å². The number of carbonyl (C=O) groups excluding carboxylic acids is 1. The molecule has 0 N–H and O–H groups in total. The molecule has 2 aromatic rings. The molecular formula is C29H30N2O. The fourth-order valence-electron chi connectivity index (χ4n) is 7.08. The molecule has 2 aromatic carbocycles. The molecule has 0 aromatic heterocycles. The summed E-state index contributed by atoms with van der Waals surface area (Å²) in [7, 11) is 0. The first-order valence-corrected chi connectivity index (χ1v) is 12.4. The normalized spacial score (nSPS) is 25.8. The van der Waals surface area contributed by atoms with Crippen LogP contribution in [-0.4, -0.2) is 32.0 Å². The Bertz CT molecular complexity index is 1190. The van der Waals surface area contributed by atoms with Crippen LogP contribution in [0, 0.1) is 11.8 Å². The van der Waals surface area contributed by atoms with E-state index in [4.69, 9.17) is 0 Å². The van der Waals surface area contributed by atoms with Gasteiger partial charge in [-0.3, -0.25) is 4.79 Å². The first-order chi connectivity index (χ1) is 15.8. The lowest BCUT2D eigenvalue weighted by Gasteiger charge is -2.38. The quantitative estimate of drug-likeness (QED) is 0.658. The standard InChI is InChI=1S/C29H30N2O/c32-27-18-21(22-11-15-30-13-3-7-19-5-1-9-24(22)28(19)30)17-26(27)23-12-16-31-14-4-8-20-6-2-10-25(23)29(20)31/h1-2,5-6,9-12,21,26H,3-4,7-8,13-18H2. The van der Waals surface area contributed by atoms with Crippen molar-refractivity contribution in [3.05, 3.63) is 70.8 Å². The zero-order valence-corrected chi connectivity index (χ0v) is 18.6. The Morgan fingerprint density at radius 1 is 0.750 bits per heavy atom. The third kappa shape index (κ3) is 2.69. The lowest BCUT2D eigenvalue weighted by atomic mass is 9.81. The van der Waals surface area contributed by atoms with E-state index in [-0.39, 0.29) is 5.92 Å². The molecule has 1 saturated carbocycles. The minimum absolute atomic E-state index is 0.0500. The van der Waals surface area contributed by atoms with Gasteiger partial charge in [0, 0.05) is 61.0 Å². The Morgan fingerprint density at radius 3 is 2.00 bits per heavy atom. The van der Waals surface area contributed by atoms with E-state index >= 15 is 0 Å². The molecule has 32 heavy (non-hydrogen) atoms. The number of Topliss-reactive ketones (excluding diaryl/α,β-unsaturated/α-hetero) is 1. The molecule has 0 bridgehead atoms. The summed E-state index contributed by atoms with van der Waals surface area (Å²) >= 11 is 0. The summed E-state index contributed by atoms with van der Waals surface area (Å²) in [6.45, 7) is 4.25. The van der Waals surface area contributed by atoms with Crippen LogP contribution in [0.25, 0.3) is 11.1 Å². The molecule has 0 spiro atoms. The van der Waals surface area contributed by atoms with Gasteiger partial charge in [0.25, 0.3) is 0 Å². The average Bonchev–Trinajstić information content (AvgIpc) is 3.21. The average molecular weight is 423 g/mol. The molecule has 0 saturated heterocycles. The van der Waals surface area contributed by atoms with Gasteiger partial charge in [-0.15, -0.1) is 0 Å². The minimum atomic E-state index is 0.0500. The van der Waals surface area contributed by atoms with Gasteiger partial charge in [-0.05, 0) is 60.3 Å². The molecule has 4 heterocycles. The Balaban J connectivity index is 1.23. The van der Waals surface area contributed by atoms with E-state index in [1.165, 1.54) is 64.0 Å². The maximum Gasteiger partial charge on any atom is 0.140 e.